The van der Waals surface area contributed by atoms with E-state index in [9.17, 15) is 9.59 Å². The van der Waals surface area contributed by atoms with E-state index in [1.165, 1.54) is 6.07 Å². The molecule has 2 aromatic rings. The molecule has 1 amide bonds. The summed E-state index contributed by atoms with van der Waals surface area (Å²) >= 11 is 5.83. The van der Waals surface area contributed by atoms with Crippen LogP contribution in [0.15, 0.2) is 42.5 Å². The van der Waals surface area contributed by atoms with Crippen LogP contribution in [-0.2, 0) is 0 Å². The Morgan fingerprint density at radius 3 is 2.50 bits per heavy atom. The van der Waals surface area contributed by atoms with Crippen LogP contribution in [0.3, 0.4) is 0 Å². The van der Waals surface area contributed by atoms with E-state index in [2.05, 4.69) is 5.32 Å². The van der Waals surface area contributed by atoms with Gasteiger partial charge in [0.05, 0.1) is 5.56 Å². The number of carbonyl (C=O) groups is 2. The first-order chi connectivity index (χ1) is 9.49. The predicted molar refractivity (Wildman–Crippen MR) is 77.5 cm³/mol. The lowest BCUT2D eigenvalue weighted by molar-refractivity contribution is 0.0695. The van der Waals surface area contributed by atoms with Gasteiger partial charge in [0.2, 0.25) is 0 Å². The lowest BCUT2D eigenvalue weighted by Crippen LogP contribution is -2.14. The van der Waals surface area contributed by atoms with Gasteiger partial charge in [-0.3, -0.25) is 4.79 Å². The summed E-state index contributed by atoms with van der Waals surface area (Å²) < 4.78 is 0. The van der Waals surface area contributed by atoms with Gasteiger partial charge in [0.15, 0.2) is 0 Å². The van der Waals surface area contributed by atoms with Gasteiger partial charge in [-0.1, -0.05) is 23.7 Å². The molecule has 0 radical (unpaired) electrons. The summed E-state index contributed by atoms with van der Waals surface area (Å²) in [6.07, 6.45) is 0. The molecule has 0 fully saturated rings. The van der Waals surface area contributed by atoms with Gasteiger partial charge in [0.25, 0.3) is 5.91 Å². The molecule has 0 unspecified atom stereocenters. The van der Waals surface area contributed by atoms with Gasteiger partial charge in [-0.05, 0) is 42.8 Å². The maximum Gasteiger partial charge on any atom is 0.336 e. The number of benzene rings is 2. The molecule has 0 saturated carbocycles. The summed E-state index contributed by atoms with van der Waals surface area (Å²) in [6, 6.07) is 11.3. The first-order valence-corrected chi connectivity index (χ1v) is 6.26. The van der Waals surface area contributed by atoms with Crippen LogP contribution >= 0.6 is 11.6 Å². The summed E-state index contributed by atoms with van der Waals surface area (Å²) in [7, 11) is 0. The van der Waals surface area contributed by atoms with Crippen molar-refractivity contribution >= 4 is 29.2 Å². The monoisotopic (exact) mass is 289 g/mol. The maximum absolute atomic E-state index is 12.1. The van der Waals surface area contributed by atoms with E-state index in [1.807, 2.05) is 0 Å². The Balaban J connectivity index is 2.29. The third-order valence-corrected chi connectivity index (χ3v) is 3.13. The number of halogens is 1. The van der Waals surface area contributed by atoms with Crippen molar-refractivity contribution in [3.63, 3.8) is 0 Å². The number of aromatic carboxylic acids is 1. The van der Waals surface area contributed by atoms with Gasteiger partial charge >= 0.3 is 5.97 Å². The van der Waals surface area contributed by atoms with Gasteiger partial charge in [0, 0.05) is 16.3 Å². The zero-order valence-electron chi connectivity index (χ0n) is 10.7. The largest absolute Gasteiger partial charge is 0.478 e. The van der Waals surface area contributed by atoms with Crippen LogP contribution in [0.1, 0.15) is 26.3 Å². The molecular formula is C15H12ClNO3. The number of carboxylic acids is 1. The molecule has 102 valence electrons. The summed E-state index contributed by atoms with van der Waals surface area (Å²) in [5.74, 6) is -1.36. The van der Waals surface area contributed by atoms with E-state index < -0.39 is 5.97 Å². The zero-order valence-corrected chi connectivity index (χ0v) is 11.4. The fourth-order valence-electron chi connectivity index (χ4n) is 1.83. The van der Waals surface area contributed by atoms with Gasteiger partial charge in [-0.2, -0.15) is 0 Å². The van der Waals surface area contributed by atoms with Gasteiger partial charge in [-0.15, -0.1) is 0 Å². The van der Waals surface area contributed by atoms with E-state index in [0.717, 1.165) is 0 Å². The summed E-state index contributed by atoms with van der Waals surface area (Å²) in [5, 5.41) is 12.2. The number of hydrogen-bond donors (Lipinski definition) is 2. The van der Waals surface area contributed by atoms with E-state index >= 15 is 0 Å². The van der Waals surface area contributed by atoms with Crippen molar-refractivity contribution in [1.29, 1.82) is 0 Å². The molecule has 0 aliphatic heterocycles. The number of nitrogens with one attached hydrogen (secondary N) is 1. The topological polar surface area (TPSA) is 66.4 Å². The number of carbonyl (C=O) groups excluding carboxylic acids is 1. The van der Waals surface area contributed by atoms with Crippen LogP contribution in [0.5, 0.6) is 0 Å². The molecule has 0 saturated heterocycles. The Labute approximate surface area is 121 Å². The molecule has 0 heterocycles. The van der Waals surface area contributed by atoms with Crippen molar-refractivity contribution in [3.05, 3.63) is 64.2 Å². The van der Waals surface area contributed by atoms with Crippen LogP contribution in [0, 0.1) is 6.92 Å². The standard InChI is InChI=1S/C15H12ClNO3/c1-9-12(15(19)20)6-3-7-13(9)17-14(18)10-4-2-5-11(16)8-10/h2-8H,1H3,(H,17,18)(H,19,20). The minimum atomic E-state index is -1.03. The van der Waals surface area contributed by atoms with Crippen molar-refractivity contribution in [1.82, 2.24) is 0 Å². The fraction of sp³-hybridized carbons (Fsp3) is 0.0667. The van der Waals surface area contributed by atoms with Gasteiger partial charge < -0.3 is 10.4 Å². The number of amides is 1. The molecule has 0 aromatic heterocycles. The smallest absolute Gasteiger partial charge is 0.336 e. The third kappa shape index (κ3) is 2.97. The predicted octanol–water partition coefficient (Wildman–Crippen LogP) is 3.60. The highest BCUT2D eigenvalue weighted by Crippen LogP contribution is 2.20. The number of anilines is 1. The molecule has 4 nitrogen and oxygen atoms in total. The second kappa shape index (κ2) is 5.75. The second-order valence-corrected chi connectivity index (χ2v) is 4.68. The molecule has 0 bridgehead atoms. The number of rotatable bonds is 3. The lowest BCUT2D eigenvalue weighted by Gasteiger charge is -2.10. The van der Waals surface area contributed by atoms with Crippen LogP contribution in [0.4, 0.5) is 5.69 Å². The van der Waals surface area contributed by atoms with Gasteiger partial charge in [-0.25, -0.2) is 4.79 Å². The van der Waals surface area contributed by atoms with Crippen molar-refractivity contribution in [2.75, 3.05) is 5.32 Å². The fourth-order valence-corrected chi connectivity index (χ4v) is 2.02. The summed E-state index contributed by atoms with van der Waals surface area (Å²) in [6.45, 7) is 1.65. The quantitative estimate of drug-likeness (QED) is 0.907. The molecule has 5 heteroatoms. The Morgan fingerprint density at radius 1 is 1.15 bits per heavy atom. The van der Waals surface area contributed by atoms with Crippen molar-refractivity contribution < 1.29 is 14.7 Å². The average molecular weight is 290 g/mol. The highest BCUT2D eigenvalue weighted by molar-refractivity contribution is 6.31. The van der Waals surface area contributed by atoms with E-state index in [-0.39, 0.29) is 11.5 Å². The highest BCUT2D eigenvalue weighted by Gasteiger charge is 2.13. The summed E-state index contributed by atoms with van der Waals surface area (Å²) in [5.41, 5.74) is 1.55. The maximum atomic E-state index is 12.1. The Bertz CT molecular complexity index is 683. The number of hydrogen-bond acceptors (Lipinski definition) is 2. The van der Waals surface area contributed by atoms with Crippen LogP contribution in [-0.4, -0.2) is 17.0 Å². The molecule has 2 aromatic carbocycles. The van der Waals surface area contributed by atoms with Crippen LogP contribution in [0.2, 0.25) is 5.02 Å². The Hall–Kier alpha value is -2.33. The molecule has 20 heavy (non-hydrogen) atoms. The van der Waals surface area contributed by atoms with Crippen molar-refractivity contribution in [2.24, 2.45) is 0 Å². The molecule has 0 aliphatic rings. The van der Waals surface area contributed by atoms with Crippen molar-refractivity contribution in [2.45, 2.75) is 6.92 Å². The highest BCUT2D eigenvalue weighted by atomic mass is 35.5. The molecule has 0 atom stereocenters. The van der Waals surface area contributed by atoms with E-state index in [4.69, 9.17) is 16.7 Å². The molecule has 0 aliphatic carbocycles. The van der Waals surface area contributed by atoms with Crippen LogP contribution < -0.4 is 5.32 Å². The lowest BCUT2D eigenvalue weighted by atomic mass is 10.1. The minimum absolute atomic E-state index is 0.161. The molecule has 2 N–H and O–H groups in total. The van der Waals surface area contributed by atoms with E-state index in [0.29, 0.717) is 21.8 Å². The third-order valence-electron chi connectivity index (χ3n) is 2.90. The summed E-state index contributed by atoms with van der Waals surface area (Å²) in [4.78, 5) is 23.1. The first kappa shape index (κ1) is 14.1. The molecule has 0 spiro atoms. The number of carboxylic acid groups (broad SMARTS) is 1. The first-order valence-electron chi connectivity index (χ1n) is 5.89. The molecular weight excluding hydrogens is 278 g/mol. The second-order valence-electron chi connectivity index (χ2n) is 4.25. The Morgan fingerprint density at radius 2 is 1.85 bits per heavy atom. The van der Waals surface area contributed by atoms with Crippen LogP contribution in [0.25, 0.3) is 0 Å². The minimum Gasteiger partial charge on any atom is -0.478 e. The van der Waals surface area contributed by atoms with Crippen molar-refractivity contribution in [3.8, 4) is 0 Å². The Kier molecular flexibility index (Phi) is 4.05. The SMILES string of the molecule is Cc1c(NC(=O)c2cccc(Cl)c2)cccc1C(=O)O. The van der Waals surface area contributed by atoms with E-state index in [1.54, 1.807) is 43.3 Å². The molecule has 2 rings (SSSR count). The normalized spacial score (nSPS) is 10.1. The zero-order chi connectivity index (χ0) is 14.7. The average Bonchev–Trinajstić information content (AvgIpc) is 2.40. The van der Waals surface area contributed by atoms with Gasteiger partial charge in [0.1, 0.15) is 0 Å².